The smallest absolute Gasteiger partial charge is 0.251 e. The Morgan fingerprint density at radius 1 is 1.13 bits per heavy atom. The van der Waals surface area contributed by atoms with Gasteiger partial charge in [0, 0.05) is 24.5 Å². The lowest BCUT2D eigenvalue weighted by molar-refractivity contribution is -0.131. The molecule has 2 amide bonds. The fourth-order valence-electron chi connectivity index (χ4n) is 2.95. The van der Waals surface area contributed by atoms with E-state index in [4.69, 9.17) is 0 Å². The van der Waals surface area contributed by atoms with E-state index in [1.165, 1.54) is 0 Å². The summed E-state index contributed by atoms with van der Waals surface area (Å²) in [5, 5.41) is 2.71. The van der Waals surface area contributed by atoms with E-state index in [2.05, 4.69) is 10.3 Å². The van der Waals surface area contributed by atoms with Crippen molar-refractivity contribution in [3.05, 3.63) is 66.0 Å². The van der Waals surface area contributed by atoms with Crippen LogP contribution in [0.1, 0.15) is 34.8 Å². The van der Waals surface area contributed by atoms with E-state index >= 15 is 0 Å². The minimum atomic E-state index is -0.224. The molecular weight excluding hydrogens is 290 g/mol. The number of nitrogens with one attached hydrogen (secondary N) is 1. The van der Waals surface area contributed by atoms with Gasteiger partial charge < -0.3 is 10.2 Å². The highest BCUT2D eigenvalue weighted by Crippen LogP contribution is 2.31. The molecule has 1 saturated heterocycles. The summed E-state index contributed by atoms with van der Waals surface area (Å²) in [6, 6.07) is 12.9. The summed E-state index contributed by atoms with van der Waals surface area (Å²) in [7, 11) is 0. The molecule has 5 heteroatoms. The zero-order valence-corrected chi connectivity index (χ0v) is 12.8. The van der Waals surface area contributed by atoms with E-state index < -0.39 is 0 Å². The van der Waals surface area contributed by atoms with Crippen molar-refractivity contribution in [2.45, 2.75) is 18.9 Å². The molecule has 0 saturated carbocycles. The van der Waals surface area contributed by atoms with Crippen molar-refractivity contribution in [2.75, 3.05) is 13.1 Å². The molecular formula is C18H19N3O2. The Kier molecular flexibility index (Phi) is 4.66. The van der Waals surface area contributed by atoms with Crippen LogP contribution in [0.4, 0.5) is 0 Å². The summed E-state index contributed by atoms with van der Waals surface area (Å²) in [4.78, 5) is 30.4. The third kappa shape index (κ3) is 3.56. The van der Waals surface area contributed by atoms with Gasteiger partial charge in [0.15, 0.2) is 0 Å². The summed E-state index contributed by atoms with van der Waals surface area (Å²) < 4.78 is 0. The summed E-state index contributed by atoms with van der Waals surface area (Å²) >= 11 is 0. The number of likely N-dealkylation sites (tertiary alicyclic amines) is 1. The highest BCUT2D eigenvalue weighted by Gasteiger charge is 2.29. The van der Waals surface area contributed by atoms with E-state index in [9.17, 15) is 9.59 Å². The van der Waals surface area contributed by atoms with Gasteiger partial charge in [-0.15, -0.1) is 0 Å². The number of aromatic nitrogens is 1. The van der Waals surface area contributed by atoms with E-state index in [-0.39, 0.29) is 24.4 Å². The molecule has 1 aromatic carbocycles. The molecule has 1 atom stereocenters. The Labute approximate surface area is 135 Å². The number of carbonyl (C=O) groups is 2. The summed E-state index contributed by atoms with van der Waals surface area (Å²) in [6.45, 7) is 0.752. The predicted octanol–water partition coefficient (Wildman–Crippen LogP) is 2.18. The van der Waals surface area contributed by atoms with Crippen molar-refractivity contribution in [1.29, 1.82) is 0 Å². The molecule has 118 valence electrons. The second-order valence-corrected chi connectivity index (χ2v) is 5.57. The zero-order chi connectivity index (χ0) is 16.1. The number of hydrogen-bond donors (Lipinski definition) is 1. The van der Waals surface area contributed by atoms with Crippen molar-refractivity contribution in [1.82, 2.24) is 15.2 Å². The van der Waals surface area contributed by atoms with Gasteiger partial charge in [0.25, 0.3) is 5.91 Å². The summed E-state index contributed by atoms with van der Waals surface area (Å²) in [5.74, 6) is -0.271. The van der Waals surface area contributed by atoms with Gasteiger partial charge >= 0.3 is 0 Å². The molecule has 1 unspecified atom stereocenters. The number of amides is 2. The average Bonchev–Trinajstić information content (AvgIpc) is 3.11. The summed E-state index contributed by atoms with van der Waals surface area (Å²) in [6.07, 6.45) is 5.41. The Morgan fingerprint density at radius 3 is 2.61 bits per heavy atom. The van der Waals surface area contributed by atoms with Gasteiger partial charge in [0.2, 0.25) is 5.91 Å². The van der Waals surface area contributed by atoms with E-state index in [1.807, 2.05) is 23.1 Å². The van der Waals surface area contributed by atoms with Crippen molar-refractivity contribution < 1.29 is 9.59 Å². The maximum absolute atomic E-state index is 12.5. The van der Waals surface area contributed by atoms with E-state index in [1.54, 1.807) is 36.7 Å². The minimum absolute atomic E-state index is 0.0231. The highest BCUT2D eigenvalue weighted by atomic mass is 16.2. The topological polar surface area (TPSA) is 62.3 Å². The molecule has 0 aliphatic carbocycles. The Balaban J connectivity index is 1.60. The molecule has 3 rings (SSSR count). The van der Waals surface area contributed by atoms with Crippen LogP contribution in [0.5, 0.6) is 0 Å². The van der Waals surface area contributed by atoms with Gasteiger partial charge in [0.1, 0.15) is 0 Å². The molecule has 5 nitrogen and oxygen atoms in total. The van der Waals surface area contributed by atoms with Crippen LogP contribution in [0.15, 0.2) is 54.9 Å². The third-order valence-electron chi connectivity index (χ3n) is 4.10. The molecule has 0 radical (unpaired) electrons. The monoisotopic (exact) mass is 309 g/mol. The molecule has 1 aromatic heterocycles. The molecule has 1 aliphatic rings. The molecule has 1 fully saturated rings. The molecule has 23 heavy (non-hydrogen) atoms. The fourth-order valence-corrected chi connectivity index (χ4v) is 2.95. The van der Waals surface area contributed by atoms with Crippen LogP contribution in [-0.2, 0) is 4.79 Å². The van der Waals surface area contributed by atoms with Gasteiger partial charge in [-0.25, -0.2) is 0 Å². The van der Waals surface area contributed by atoms with Crippen molar-refractivity contribution in [2.24, 2.45) is 0 Å². The van der Waals surface area contributed by atoms with Crippen molar-refractivity contribution >= 4 is 11.8 Å². The first-order valence-electron chi connectivity index (χ1n) is 7.78. The third-order valence-corrected chi connectivity index (χ3v) is 4.10. The van der Waals surface area contributed by atoms with Crippen LogP contribution in [0, 0.1) is 0 Å². The number of nitrogens with zero attached hydrogens (tertiary/aromatic N) is 2. The van der Waals surface area contributed by atoms with Gasteiger partial charge in [-0.2, -0.15) is 0 Å². The minimum Gasteiger partial charge on any atom is -0.343 e. The number of hydrogen-bond acceptors (Lipinski definition) is 3. The van der Waals surface area contributed by atoms with Crippen molar-refractivity contribution in [3.63, 3.8) is 0 Å². The lowest BCUT2D eigenvalue weighted by atomic mass is 10.1. The lowest BCUT2D eigenvalue weighted by Gasteiger charge is -2.25. The Hall–Kier alpha value is -2.69. The second-order valence-electron chi connectivity index (χ2n) is 5.57. The van der Waals surface area contributed by atoms with Gasteiger partial charge in [-0.1, -0.05) is 18.2 Å². The molecule has 1 aliphatic heterocycles. The van der Waals surface area contributed by atoms with Crippen molar-refractivity contribution in [3.8, 4) is 0 Å². The molecule has 1 N–H and O–H groups in total. The molecule has 0 spiro atoms. The van der Waals surface area contributed by atoms with Crippen LogP contribution < -0.4 is 5.32 Å². The van der Waals surface area contributed by atoms with E-state index in [0.717, 1.165) is 24.9 Å². The SMILES string of the molecule is O=C(NCC(=O)N1CCCC1c1ccncc1)c1ccccc1. The normalized spacial score (nSPS) is 17.0. The standard InChI is InChI=1S/C18H19N3O2/c22-17(13-20-18(23)15-5-2-1-3-6-15)21-12-4-7-16(21)14-8-10-19-11-9-14/h1-3,5-6,8-11,16H,4,7,12-13H2,(H,20,23). The van der Waals surface area contributed by atoms with Gasteiger partial charge in [-0.05, 0) is 42.7 Å². The molecule has 2 heterocycles. The lowest BCUT2D eigenvalue weighted by Crippen LogP contribution is -2.39. The van der Waals surface area contributed by atoms with E-state index in [0.29, 0.717) is 5.56 Å². The number of carbonyl (C=O) groups excluding carboxylic acids is 2. The first kappa shape index (κ1) is 15.2. The predicted molar refractivity (Wildman–Crippen MR) is 86.7 cm³/mol. The van der Waals surface area contributed by atoms with Crippen LogP contribution in [0.25, 0.3) is 0 Å². The molecule has 0 bridgehead atoms. The fraction of sp³-hybridized carbons (Fsp3) is 0.278. The highest BCUT2D eigenvalue weighted by molar-refractivity contribution is 5.96. The van der Waals surface area contributed by atoms with Gasteiger partial charge in [0.05, 0.1) is 12.6 Å². The van der Waals surface area contributed by atoms with Crippen LogP contribution in [-0.4, -0.2) is 34.8 Å². The number of rotatable bonds is 4. The average molecular weight is 309 g/mol. The maximum Gasteiger partial charge on any atom is 0.251 e. The largest absolute Gasteiger partial charge is 0.343 e. The van der Waals surface area contributed by atoms with Crippen LogP contribution in [0.3, 0.4) is 0 Å². The Morgan fingerprint density at radius 2 is 1.87 bits per heavy atom. The maximum atomic E-state index is 12.5. The zero-order valence-electron chi connectivity index (χ0n) is 12.8. The van der Waals surface area contributed by atoms with Crippen LogP contribution in [0.2, 0.25) is 0 Å². The quantitative estimate of drug-likeness (QED) is 0.941. The second kappa shape index (κ2) is 7.05. The van der Waals surface area contributed by atoms with Gasteiger partial charge in [-0.3, -0.25) is 14.6 Å². The summed E-state index contributed by atoms with van der Waals surface area (Å²) in [5.41, 5.74) is 1.66. The first-order chi connectivity index (χ1) is 11.3. The molecule has 2 aromatic rings. The first-order valence-corrected chi connectivity index (χ1v) is 7.78. The Bertz CT molecular complexity index is 673. The number of pyridine rings is 1. The number of benzene rings is 1. The van der Waals surface area contributed by atoms with Crippen LogP contribution >= 0.6 is 0 Å².